The summed E-state index contributed by atoms with van der Waals surface area (Å²) in [5, 5.41) is 10.6. The minimum atomic E-state index is -0.982. The first-order valence-corrected chi connectivity index (χ1v) is 7.72. The molecule has 1 fully saturated rings. The van der Waals surface area contributed by atoms with E-state index < -0.39 is 5.60 Å². The van der Waals surface area contributed by atoms with Gasteiger partial charge in [0.25, 0.3) is 0 Å². The minimum absolute atomic E-state index is 0.0202. The fourth-order valence-electron chi connectivity index (χ4n) is 2.71. The van der Waals surface area contributed by atoms with Crippen molar-refractivity contribution in [3.8, 4) is 5.75 Å². The summed E-state index contributed by atoms with van der Waals surface area (Å²) in [7, 11) is 0. The lowest BCUT2D eigenvalue weighted by molar-refractivity contribution is -0.130. The first-order valence-electron chi connectivity index (χ1n) is 7.72. The van der Waals surface area contributed by atoms with Crippen LogP contribution in [0.2, 0.25) is 0 Å². The molecule has 1 aliphatic rings. The summed E-state index contributed by atoms with van der Waals surface area (Å²) in [5.41, 5.74) is -0.0509. The average Bonchev–Trinajstić information content (AvgIpc) is 2.98. The molecule has 2 aromatic rings. The van der Waals surface area contributed by atoms with E-state index in [1.165, 1.54) is 0 Å². The van der Waals surface area contributed by atoms with Crippen molar-refractivity contribution in [1.82, 2.24) is 9.88 Å². The summed E-state index contributed by atoms with van der Waals surface area (Å²) in [6, 6.07) is 13.1. The van der Waals surface area contributed by atoms with Gasteiger partial charge in [0.2, 0.25) is 5.91 Å². The van der Waals surface area contributed by atoms with Gasteiger partial charge >= 0.3 is 0 Å². The Hall–Kier alpha value is -2.40. The zero-order valence-electron chi connectivity index (χ0n) is 12.9. The highest BCUT2D eigenvalue weighted by atomic mass is 16.5. The largest absolute Gasteiger partial charge is 0.491 e. The van der Waals surface area contributed by atoms with Crippen molar-refractivity contribution in [2.45, 2.75) is 18.4 Å². The molecule has 5 nitrogen and oxygen atoms in total. The predicted molar refractivity (Wildman–Crippen MR) is 86.0 cm³/mol. The smallest absolute Gasteiger partial charge is 0.227 e. The molecule has 2 heterocycles. The Bertz CT molecular complexity index is 648. The molecule has 23 heavy (non-hydrogen) atoms. The number of aromatic nitrogens is 1. The average molecular weight is 312 g/mol. The van der Waals surface area contributed by atoms with Gasteiger partial charge in [-0.2, -0.15) is 0 Å². The second-order valence-corrected chi connectivity index (χ2v) is 5.92. The van der Waals surface area contributed by atoms with E-state index in [4.69, 9.17) is 4.74 Å². The molecule has 1 atom stereocenters. The molecule has 1 amide bonds. The maximum absolute atomic E-state index is 12.3. The van der Waals surface area contributed by atoms with Crippen molar-refractivity contribution in [3.63, 3.8) is 0 Å². The van der Waals surface area contributed by atoms with Crippen molar-refractivity contribution in [3.05, 3.63) is 60.4 Å². The van der Waals surface area contributed by atoms with Gasteiger partial charge in [-0.1, -0.05) is 18.2 Å². The number of hydrogen-bond donors (Lipinski definition) is 1. The Morgan fingerprint density at radius 3 is 2.70 bits per heavy atom. The van der Waals surface area contributed by atoms with Gasteiger partial charge in [0, 0.05) is 18.9 Å². The van der Waals surface area contributed by atoms with Gasteiger partial charge in [-0.15, -0.1) is 0 Å². The number of pyridine rings is 1. The highest BCUT2D eigenvalue weighted by Crippen LogP contribution is 2.23. The third kappa shape index (κ3) is 4.07. The van der Waals surface area contributed by atoms with E-state index in [0.717, 1.165) is 11.3 Å². The van der Waals surface area contributed by atoms with Crippen LogP contribution in [0.3, 0.4) is 0 Å². The molecule has 0 spiro atoms. The van der Waals surface area contributed by atoms with Gasteiger partial charge in [-0.25, -0.2) is 0 Å². The lowest BCUT2D eigenvalue weighted by Crippen LogP contribution is -2.41. The van der Waals surface area contributed by atoms with Crippen molar-refractivity contribution in [1.29, 1.82) is 0 Å². The van der Waals surface area contributed by atoms with Crippen LogP contribution in [0.5, 0.6) is 5.75 Å². The number of β-amino-alcohol motifs (C(OH)–C–C–N with tert-alkyl or cyclic N) is 1. The van der Waals surface area contributed by atoms with E-state index in [9.17, 15) is 9.90 Å². The summed E-state index contributed by atoms with van der Waals surface area (Å²) >= 11 is 0. The van der Waals surface area contributed by atoms with Crippen molar-refractivity contribution < 1.29 is 14.6 Å². The van der Waals surface area contributed by atoms with Crippen LogP contribution < -0.4 is 4.74 Å². The third-order valence-corrected chi connectivity index (χ3v) is 4.04. The molecule has 0 saturated carbocycles. The monoisotopic (exact) mass is 312 g/mol. The number of carbonyl (C=O) groups is 1. The summed E-state index contributed by atoms with van der Waals surface area (Å²) in [6.45, 7) is 1.05. The molecule has 3 rings (SSSR count). The van der Waals surface area contributed by atoms with Crippen LogP contribution in [0.1, 0.15) is 12.0 Å². The number of benzene rings is 1. The zero-order valence-corrected chi connectivity index (χ0v) is 12.9. The Morgan fingerprint density at radius 1 is 1.22 bits per heavy atom. The van der Waals surface area contributed by atoms with Gasteiger partial charge < -0.3 is 14.7 Å². The van der Waals surface area contributed by atoms with Crippen LogP contribution >= 0.6 is 0 Å². The number of aliphatic hydroxyl groups is 1. The Balaban J connectivity index is 1.53. The van der Waals surface area contributed by atoms with Crippen molar-refractivity contribution in [2.75, 3.05) is 19.7 Å². The molecule has 0 bridgehead atoms. The maximum atomic E-state index is 12.3. The van der Waals surface area contributed by atoms with E-state index in [-0.39, 0.29) is 12.5 Å². The number of carbonyl (C=O) groups excluding carboxylic acids is 1. The Morgan fingerprint density at radius 2 is 1.96 bits per heavy atom. The topological polar surface area (TPSA) is 62.7 Å². The number of hydrogen-bond acceptors (Lipinski definition) is 4. The fraction of sp³-hybridized carbons (Fsp3) is 0.333. The highest BCUT2D eigenvalue weighted by molar-refractivity contribution is 5.79. The van der Waals surface area contributed by atoms with Gasteiger partial charge in [0.15, 0.2) is 0 Å². The van der Waals surface area contributed by atoms with Crippen LogP contribution in [0.15, 0.2) is 54.9 Å². The Kier molecular flexibility index (Phi) is 4.57. The third-order valence-electron chi connectivity index (χ3n) is 4.04. The number of nitrogens with zero attached hydrogens (tertiary/aromatic N) is 2. The van der Waals surface area contributed by atoms with Crippen molar-refractivity contribution >= 4 is 5.91 Å². The van der Waals surface area contributed by atoms with Gasteiger partial charge in [-0.3, -0.25) is 9.78 Å². The van der Waals surface area contributed by atoms with Gasteiger partial charge in [0.05, 0.1) is 13.0 Å². The maximum Gasteiger partial charge on any atom is 0.227 e. The van der Waals surface area contributed by atoms with E-state index in [2.05, 4.69) is 4.98 Å². The van der Waals surface area contributed by atoms with Crippen LogP contribution in [0, 0.1) is 0 Å². The second-order valence-electron chi connectivity index (χ2n) is 5.92. The van der Waals surface area contributed by atoms with Crippen molar-refractivity contribution in [2.24, 2.45) is 0 Å². The summed E-state index contributed by atoms with van der Waals surface area (Å²) in [5.74, 6) is 0.745. The SMILES string of the molecule is O=C(Cc1ccncc1)N1CC[C@@](O)(COc2ccccc2)C1. The highest BCUT2D eigenvalue weighted by Gasteiger charge is 2.38. The van der Waals surface area contributed by atoms with E-state index in [1.807, 2.05) is 42.5 Å². The van der Waals surface area contributed by atoms with E-state index in [1.54, 1.807) is 17.3 Å². The first-order chi connectivity index (χ1) is 11.1. The molecule has 1 saturated heterocycles. The first kappa shape index (κ1) is 15.5. The quantitative estimate of drug-likeness (QED) is 0.912. The molecule has 1 aromatic carbocycles. The summed E-state index contributed by atoms with van der Waals surface area (Å²) in [4.78, 5) is 18.0. The fourth-order valence-corrected chi connectivity index (χ4v) is 2.71. The normalized spacial score (nSPS) is 20.5. The van der Waals surface area contributed by atoms with E-state index >= 15 is 0 Å². The van der Waals surface area contributed by atoms with Crippen LogP contribution in [0.4, 0.5) is 0 Å². The zero-order chi connectivity index (χ0) is 16.1. The molecule has 0 aliphatic carbocycles. The van der Waals surface area contributed by atoms with E-state index in [0.29, 0.717) is 25.9 Å². The molecule has 1 aromatic heterocycles. The number of ether oxygens (including phenoxy) is 1. The molecule has 5 heteroatoms. The molecule has 1 aliphatic heterocycles. The molecule has 0 unspecified atom stereocenters. The van der Waals surface area contributed by atoms with Crippen LogP contribution in [-0.2, 0) is 11.2 Å². The molecule has 0 radical (unpaired) electrons. The molecular formula is C18H20N2O3. The predicted octanol–water partition coefficient (Wildman–Crippen LogP) is 1.67. The summed E-state index contributed by atoms with van der Waals surface area (Å²) in [6.07, 6.45) is 4.22. The van der Waals surface area contributed by atoms with Crippen LogP contribution in [0.25, 0.3) is 0 Å². The standard InChI is InChI=1S/C18H20N2O3/c21-17(12-15-6-9-19-10-7-15)20-11-8-18(22,13-20)14-23-16-4-2-1-3-5-16/h1-7,9-10,22H,8,11-14H2/t18-/m0/s1. The summed E-state index contributed by atoms with van der Waals surface area (Å²) < 4.78 is 5.64. The number of rotatable bonds is 5. The van der Waals surface area contributed by atoms with Gasteiger partial charge in [0.1, 0.15) is 18.0 Å². The molecular weight excluding hydrogens is 292 g/mol. The number of amides is 1. The molecule has 120 valence electrons. The number of para-hydroxylation sites is 1. The van der Waals surface area contributed by atoms with Gasteiger partial charge in [-0.05, 0) is 36.2 Å². The minimum Gasteiger partial charge on any atom is -0.491 e. The number of likely N-dealkylation sites (tertiary alicyclic amines) is 1. The Labute approximate surface area is 135 Å². The van der Waals surface area contributed by atoms with Crippen LogP contribution in [-0.4, -0.2) is 46.2 Å². The lowest BCUT2D eigenvalue weighted by Gasteiger charge is -2.23. The molecule has 1 N–H and O–H groups in total. The second kappa shape index (κ2) is 6.79. The lowest BCUT2D eigenvalue weighted by atomic mass is 10.1.